The molecule has 1 aromatic rings. The first-order valence-corrected chi connectivity index (χ1v) is 4.62. The molecule has 0 aromatic heterocycles. The van der Waals surface area contributed by atoms with E-state index in [1.807, 2.05) is 31.3 Å². The molecule has 0 aliphatic carbocycles. The zero-order valence-electron chi connectivity index (χ0n) is 8.87. The normalized spacial score (nSPS) is 14.9. The van der Waals surface area contributed by atoms with Gasteiger partial charge in [0.15, 0.2) is 0 Å². The second-order valence-corrected chi connectivity index (χ2v) is 3.50. The molecule has 0 saturated heterocycles. The Morgan fingerprint density at radius 3 is 2.64 bits per heavy atom. The summed E-state index contributed by atoms with van der Waals surface area (Å²) in [5, 5.41) is 13.1. The molecular weight excluding hydrogens is 178 g/mol. The zero-order valence-corrected chi connectivity index (χ0v) is 8.87. The second-order valence-electron chi connectivity index (χ2n) is 3.50. The minimum Gasteiger partial charge on any atom is -0.496 e. The molecule has 0 radical (unpaired) electrons. The minimum atomic E-state index is -0.901. The van der Waals surface area contributed by atoms with Gasteiger partial charge in [-0.3, -0.25) is 0 Å². The number of hydrogen-bond acceptors (Lipinski definition) is 3. The number of methoxy groups -OCH3 is 1. The molecule has 2 N–H and O–H groups in total. The van der Waals surface area contributed by atoms with Crippen LogP contribution < -0.4 is 10.1 Å². The van der Waals surface area contributed by atoms with Gasteiger partial charge in [-0.05, 0) is 20.0 Å². The Morgan fingerprint density at radius 2 is 2.07 bits per heavy atom. The minimum absolute atomic E-state index is 0.493. The third-order valence-electron chi connectivity index (χ3n) is 2.21. The molecule has 0 fully saturated rings. The number of para-hydroxylation sites is 1. The topological polar surface area (TPSA) is 41.5 Å². The summed E-state index contributed by atoms with van der Waals surface area (Å²) in [6.45, 7) is 2.26. The Kier molecular flexibility index (Phi) is 3.49. The molecule has 0 aliphatic heterocycles. The van der Waals surface area contributed by atoms with Crippen LogP contribution in [0.25, 0.3) is 0 Å². The third-order valence-corrected chi connectivity index (χ3v) is 2.21. The highest BCUT2D eigenvalue weighted by atomic mass is 16.5. The maximum Gasteiger partial charge on any atom is 0.124 e. The SMILES string of the molecule is CNCC(C)(O)c1ccccc1OC. The van der Waals surface area contributed by atoms with Gasteiger partial charge in [-0.15, -0.1) is 0 Å². The highest BCUT2D eigenvalue weighted by molar-refractivity contribution is 5.37. The number of likely N-dealkylation sites (N-methyl/N-ethyl adjacent to an activating group) is 1. The van der Waals surface area contributed by atoms with Gasteiger partial charge in [-0.1, -0.05) is 18.2 Å². The molecule has 78 valence electrons. The highest BCUT2D eigenvalue weighted by Gasteiger charge is 2.25. The molecular formula is C11H17NO2. The first kappa shape index (κ1) is 11.0. The molecule has 0 heterocycles. The summed E-state index contributed by atoms with van der Waals surface area (Å²) in [6.07, 6.45) is 0. The fourth-order valence-corrected chi connectivity index (χ4v) is 1.53. The van der Waals surface area contributed by atoms with E-state index in [0.29, 0.717) is 12.3 Å². The van der Waals surface area contributed by atoms with Crippen LogP contribution in [0, 0.1) is 0 Å². The smallest absolute Gasteiger partial charge is 0.124 e. The standard InChI is InChI=1S/C11H17NO2/c1-11(13,8-12-2)9-6-4-5-7-10(9)14-3/h4-7,12-13H,8H2,1-3H3. The lowest BCUT2D eigenvalue weighted by molar-refractivity contribution is 0.0565. The van der Waals surface area contributed by atoms with E-state index in [4.69, 9.17) is 4.74 Å². The van der Waals surface area contributed by atoms with E-state index in [1.54, 1.807) is 14.0 Å². The van der Waals surface area contributed by atoms with Gasteiger partial charge in [-0.25, -0.2) is 0 Å². The third kappa shape index (κ3) is 2.25. The van der Waals surface area contributed by atoms with Crippen molar-refractivity contribution in [3.05, 3.63) is 29.8 Å². The average molecular weight is 195 g/mol. The molecule has 1 unspecified atom stereocenters. The quantitative estimate of drug-likeness (QED) is 0.756. The van der Waals surface area contributed by atoms with E-state index in [1.165, 1.54) is 0 Å². The predicted octanol–water partition coefficient (Wildman–Crippen LogP) is 1.12. The van der Waals surface area contributed by atoms with Crippen LogP contribution in [0.1, 0.15) is 12.5 Å². The molecule has 0 bridgehead atoms. The van der Waals surface area contributed by atoms with Crippen molar-refractivity contribution in [2.24, 2.45) is 0 Å². The Labute approximate surface area is 84.7 Å². The van der Waals surface area contributed by atoms with E-state index in [-0.39, 0.29) is 0 Å². The van der Waals surface area contributed by atoms with Crippen LogP contribution in [0.2, 0.25) is 0 Å². The first-order valence-electron chi connectivity index (χ1n) is 4.62. The van der Waals surface area contributed by atoms with Crippen molar-refractivity contribution in [1.82, 2.24) is 5.32 Å². The number of aliphatic hydroxyl groups is 1. The molecule has 1 rings (SSSR count). The maximum atomic E-state index is 10.2. The number of nitrogens with one attached hydrogen (secondary N) is 1. The first-order chi connectivity index (χ1) is 6.61. The van der Waals surface area contributed by atoms with Crippen molar-refractivity contribution < 1.29 is 9.84 Å². The van der Waals surface area contributed by atoms with Crippen LogP contribution in [0.5, 0.6) is 5.75 Å². The molecule has 1 aromatic carbocycles. The number of benzene rings is 1. The van der Waals surface area contributed by atoms with Gasteiger partial charge in [0.1, 0.15) is 11.4 Å². The summed E-state index contributed by atoms with van der Waals surface area (Å²) in [4.78, 5) is 0. The van der Waals surface area contributed by atoms with Gasteiger partial charge in [0.05, 0.1) is 7.11 Å². The Balaban J connectivity index is 3.04. The number of hydrogen-bond donors (Lipinski definition) is 2. The Hall–Kier alpha value is -1.06. The molecule has 3 heteroatoms. The van der Waals surface area contributed by atoms with Crippen molar-refractivity contribution >= 4 is 0 Å². The van der Waals surface area contributed by atoms with E-state index in [2.05, 4.69) is 5.32 Å². The summed E-state index contributed by atoms with van der Waals surface area (Å²) in [5.74, 6) is 0.716. The van der Waals surface area contributed by atoms with Crippen LogP contribution in [-0.2, 0) is 5.60 Å². The molecule has 0 aliphatic rings. The summed E-state index contributed by atoms with van der Waals surface area (Å²) >= 11 is 0. The molecule has 1 atom stereocenters. The molecule has 3 nitrogen and oxygen atoms in total. The fraction of sp³-hybridized carbons (Fsp3) is 0.455. The van der Waals surface area contributed by atoms with E-state index < -0.39 is 5.60 Å². The molecule has 0 saturated carbocycles. The summed E-state index contributed by atoms with van der Waals surface area (Å²) in [5.41, 5.74) is -0.0988. The van der Waals surface area contributed by atoms with Gasteiger partial charge in [-0.2, -0.15) is 0 Å². The Bertz CT molecular complexity index is 297. The summed E-state index contributed by atoms with van der Waals surface area (Å²) in [7, 11) is 3.41. The lowest BCUT2D eigenvalue weighted by Gasteiger charge is -2.25. The predicted molar refractivity (Wildman–Crippen MR) is 56.5 cm³/mol. The largest absolute Gasteiger partial charge is 0.496 e. The fourth-order valence-electron chi connectivity index (χ4n) is 1.53. The van der Waals surface area contributed by atoms with E-state index >= 15 is 0 Å². The molecule has 0 spiro atoms. The average Bonchev–Trinajstić information content (AvgIpc) is 2.18. The van der Waals surface area contributed by atoms with Gasteiger partial charge in [0.2, 0.25) is 0 Å². The van der Waals surface area contributed by atoms with E-state index in [9.17, 15) is 5.11 Å². The Morgan fingerprint density at radius 1 is 1.43 bits per heavy atom. The van der Waals surface area contributed by atoms with Crippen LogP contribution in [-0.4, -0.2) is 25.8 Å². The highest BCUT2D eigenvalue weighted by Crippen LogP contribution is 2.28. The van der Waals surface area contributed by atoms with Crippen molar-refractivity contribution in [3.63, 3.8) is 0 Å². The van der Waals surface area contributed by atoms with Gasteiger partial charge in [0.25, 0.3) is 0 Å². The zero-order chi connectivity index (χ0) is 10.6. The van der Waals surface area contributed by atoms with Crippen molar-refractivity contribution in [3.8, 4) is 5.75 Å². The second kappa shape index (κ2) is 4.44. The van der Waals surface area contributed by atoms with Crippen molar-refractivity contribution in [1.29, 1.82) is 0 Å². The molecule has 14 heavy (non-hydrogen) atoms. The van der Waals surface area contributed by atoms with Crippen LogP contribution in [0.15, 0.2) is 24.3 Å². The monoisotopic (exact) mass is 195 g/mol. The van der Waals surface area contributed by atoms with E-state index in [0.717, 1.165) is 5.56 Å². The number of rotatable bonds is 4. The number of ether oxygens (including phenoxy) is 1. The lowest BCUT2D eigenvalue weighted by Crippen LogP contribution is -2.33. The van der Waals surface area contributed by atoms with Gasteiger partial charge in [0, 0.05) is 12.1 Å². The molecule has 0 amide bonds. The summed E-state index contributed by atoms with van der Waals surface area (Å²) < 4.78 is 5.19. The van der Waals surface area contributed by atoms with Crippen molar-refractivity contribution in [2.75, 3.05) is 20.7 Å². The van der Waals surface area contributed by atoms with Crippen LogP contribution in [0.3, 0.4) is 0 Å². The van der Waals surface area contributed by atoms with Crippen LogP contribution in [0.4, 0.5) is 0 Å². The van der Waals surface area contributed by atoms with Gasteiger partial charge >= 0.3 is 0 Å². The van der Waals surface area contributed by atoms with Crippen molar-refractivity contribution in [2.45, 2.75) is 12.5 Å². The van der Waals surface area contributed by atoms with Gasteiger partial charge < -0.3 is 15.2 Å². The maximum absolute atomic E-state index is 10.2. The lowest BCUT2D eigenvalue weighted by atomic mass is 9.95. The van der Waals surface area contributed by atoms with Crippen LogP contribution >= 0.6 is 0 Å². The summed E-state index contributed by atoms with van der Waals surface area (Å²) in [6, 6.07) is 7.50.